The highest BCUT2D eigenvalue weighted by Gasteiger charge is 2.14. The van der Waals surface area contributed by atoms with Crippen molar-refractivity contribution in [1.29, 1.82) is 0 Å². The fraction of sp³-hybridized carbons (Fsp3) is 0.357. The van der Waals surface area contributed by atoms with Gasteiger partial charge in [-0.1, -0.05) is 11.6 Å². The lowest BCUT2D eigenvalue weighted by Gasteiger charge is -2.10. The highest BCUT2D eigenvalue weighted by atomic mass is 16.5. The Balaban J connectivity index is 3.22. The van der Waals surface area contributed by atoms with Crippen LogP contribution < -0.4 is 4.74 Å². The molecule has 0 atom stereocenters. The van der Waals surface area contributed by atoms with E-state index >= 15 is 0 Å². The number of allylic oxidation sites excluding steroid dienone is 2. The van der Waals surface area contributed by atoms with Crippen LogP contribution in [0, 0.1) is 0 Å². The quantitative estimate of drug-likeness (QED) is 0.659. The van der Waals surface area contributed by atoms with E-state index in [1.54, 1.807) is 6.07 Å². The Morgan fingerprint density at radius 3 is 2.50 bits per heavy atom. The minimum absolute atomic E-state index is 0.0580. The fourth-order valence-electron chi connectivity index (χ4n) is 1.53. The molecule has 0 aliphatic rings. The number of carbonyl (C=O) groups is 1. The molecule has 4 heteroatoms. The third kappa shape index (κ3) is 3.26. The average molecular weight is 250 g/mol. The predicted molar refractivity (Wildman–Crippen MR) is 69.1 cm³/mol. The summed E-state index contributed by atoms with van der Waals surface area (Å²) in [6.45, 7) is 3.94. The second-order valence-electron chi connectivity index (χ2n) is 4.16. The van der Waals surface area contributed by atoms with E-state index < -0.39 is 5.97 Å². The molecule has 0 saturated carbocycles. The highest BCUT2D eigenvalue weighted by molar-refractivity contribution is 5.90. The van der Waals surface area contributed by atoms with Crippen molar-refractivity contribution in [3.05, 3.63) is 34.9 Å². The molecule has 0 aliphatic heterocycles. The lowest BCUT2D eigenvalue weighted by molar-refractivity contribution is 0.0600. The molecule has 0 spiro atoms. The molecule has 0 aliphatic carbocycles. The zero-order valence-electron chi connectivity index (χ0n) is 11.1. The van der Waals surface area contributed by atoms with Gasteiger partial charge in [0, 0.05) is 5.56 Å². The number of benzene rings is 1. The van der Waals surface area contributed by atoms with Crippen LogP contribution >= 0.6 is 0 Å². The monoisotopic (exact) mass is 250 g/mol. The van der Waals surface area contributed by atoms with Crippen LogP contribution in [0.2, 0.25) is 0 Å². The van der Waals surface area contributed by atoms with Crippen molar-refractivity contribution >= 4 is 5.97 Å². The van der Waals surface area contributed by atoms with Gasteiger partial charge in [0.25, 0.3) is 0 Å². The number of methoxy groups -OCH3 is 2. The van der Waals surface area contributed by atoms with Crippen LogP contribution in [0.1, 0.15) is 29.8 Å². The van der Waals surface area contributed by atoms with Crippen LogP contribution in [0.3, 0.4) is 0 Å². The van der Waals surface area contributed by atoms with E-state index in [-0.39, 0.29) is 11.5 Å². The molecule has 1 N–H and O–H groups in total. The van der Waals surface area contributed by atoms with Crippen molar-refractivity contribution in [2.75, 3.05) is 14.2 Å². The molecule has 0 heterocycles. The second kappa shape index (κ2) is 6.10. The van der Waals surface area contributed by atoms with E-state index in [1.807, 2.05) is 19.9 Å². The molecule has 0 unspecified atom stereocenters. The Bertz CT molecular complexity index is 471. The first-order chi connectivity index (χ1) is 8.49. The molecule has 98 valence electrons. The largest absolute Gasteiger partial charge is 0.504 e. The maximum atomic E-state index is 11.5. The molecule has 0 amide bonds. The molecule has 1 aromatic carbocycles. The van der Waals surface area contributed by atoms with Gasteiger partial charge >= 0.3 is 5.97 Å². The number of ether oxygens (including phenoxy) is 2. The predicted octanol–water partition coefficient (Wildman–Crippen LogP) is 2.70. The fourth-order valence-corrected chi connectivity index (χ4v) is 1.53. The third-order valence-electron chi connectivity index (χ3n) is 2.53. The number of hydrogen-bond acceptors (Lipinski definition) is 4. The summed E-state index contributed by atoms with van der Waals surface area (Å²) in [7, 11) is 2.76. The van der Waals surface area contributed by atoms with Gasteiger partial charge < -0.3 is 14.6 Å². The molecule has 0 fully saturated rings. The first-order valence-corrected chi connectivity index (χ1v) is 5.61. The van der Waals surface area contributed by atoms with E-state index in [2.05, 4.69) is 4.74 Å². The molecule has 4 nitrogen and oxygen atoms in total. The van der Waals surface area contributed by atoms with Gasteiger partial charge in [-0.05, 0) is 32.4 Å². The molecule has 0 saturated heterocycles. The van der Waals surface area contributed by atoms with Gasteiger partial charge in [0.05, 0.1) is 19.8 Å². The molecule has 0 radical (unpaired) electrons. The van der Waals surface area contributed by atoms with Gasteiger partial charge in [-0.2, -0.15) is 0 Å². The summed E-state index contributed by atoms with van der Waals surface area (Å²) in [6, 6.07) is 3.08. The van der Waals surface area contributed by atoms with Gasteiger partial charge in [-0.15, -0.1) is 0 Å². The summed E-state index contributed by atoms with van der Waals surface area (Å²) in [5.74, 6) is -0.121. The van der Waals surface area contributed by atoms with E-state index in [0.29, 0.717) is 17.5 Å². The summed E-state index contributed by atoms with van der Waals surface area (Å²) < 4.78 is 9.71. The number of phenols is 1. The Morgan fingerprint density at radius 1 is 1.33 bits per heavy atom. The molecule has 18 heavy (non-hydrogen) atoms. The topological polar surface area (TPSA) is 55.8 Å². The highest BCUT2D eigenvalue weighted by Crippen LogP contribution is 2.32. The minimum atomic E-state index is -0.452. The molecule has 0 aromatic heterocycles. The van der Waals surface area contributed by atoms with Crippen molar-refractivity contribution in [3.63, 3.8) is 0 Å². The summed E-state index contributed by atoms with van der Waals surface area (Å²) in [5.41, 5.74) is 2.14. The summed E-state index contributed by atoms with van der Waals surface area (Å²) >= 11 is 0. The normalized spacial score (nSPS) is 9.78. The summed E-state index contributed by atoms with van der Waals surface area (Å²) in [4.78, 5) is 11.5. The summed E-state index contributed by atoms with van der Waals surface area (Å²) in [6.07, 6.45) is 2.50. The van der Waals surface area contributed by atoms with Crippen LogP contribution in [-0.4, -0.2) is 25.3 Å². The van der Waals surface area contributed by atoms with Crippen molar-refractivity contribution in [1.82, 2.24) is 0 Å². The van der Waals surface area contributed by atoms with Crippen molar-refractivity contribution < 1.29 is 19.4 Å². The van der Waals surface area contributed by atoms with Crippen molar-refractivity contribution in [2.24, 2.45) is 0 Å². The maximum absolute atomic E-state index is 11.5. The van der Waals surface area contributed by atoms with Crippen LogP contribution in [0.25, 0.3) is 0 Å². The van der Waals surface area contributed by atoms with E-state index in [9.17, 15) is 9.90 Å². The average Bonchev–Trinajstić information content (AvgIpc) is 2.36. The van der Waals surface area contributed by atoms with Crippen LogP contribution in [-0.2, 0) is 11.2 Å². The summed E-state index contributed by atoms with van der Waals surface area (Å²) in [5, 5.41) is 9.97. The minimum Gasteiger partial charge on any atom is -0.504 e. The van der Waals surface area contributed by atoms with Crippen LogP contribution in [0.4, 0.5) is 0 Å². The number of esters is 1. The van der Waals surface area contributed by atoms with Crippen LogP contribution in [0.15, 0.2) is 23.8 Å². The molecule has 0 bridgehead atoms. The molecular formula is C14H18O4. The van der Waals surface area contributed by atoms with Gasteiger partial charge in [0.2, 0.25) is 0 Å². The maximum Gasteiger partial charge on any atom is 0.337 e. The van der Waals surface area contributed by atoms with E-state index in [4.69, 9.17) is 4.74 Å². The van der Waals surface area contributed by atoms with E-state index in [1.165, 1.54) is 20.3 Å². The van der Waals surface area contributed by atoms with Gasteiger partial charge in [0.1, 0.15) is 0 Å². The Labute approximate surface area is 107 Å². The molecular weight excluding hydrogens is 232 g/mol. The lowest BCUT2D eigenvalue weighted by Crippen LogP contribution is -2.03. The number of phenolic OH excluding ortho intramolecular Hbond substituents is 1. The Morgan fingerprint density at radius 2 is 2.00 bits per heavy atom. The number of rotatable bonds is 4. The van der Waals surface area contributed by atoms with Crippen molar-refractivity contribution in [3.8, 4) is 11.5 Å². The van der Waals surface area contributed by atoms with Gasteiger partial charge in [-0.25, -0.2) is 4.79 Å². The van der Waals surface area contributed by atoms with Crippen molar-refractivity contribution in [2.45, 2.75) is 20.3 Å². The van der Waals surface area contributed by atoms with Gasteiger partial charge in [-0.3, -0.25) is 0 Å². The number of aromatic hydroxyl groups is 1. The van der Waals surface area contributed by atoms with Crippen LogP contribution in [0.5, 0.6) is 11.5 Å². The number of hydrogen-bond donors (Lipinski definition) is 1. The number of carbonyl (C=O) groups excluding carboxylic acids is 1. The van der Waals surface area contributed by atoms with Gasteiger partial charge in [0.15, 0.2) is 11.5 Å². The SMILES string of the molecule is COC(=O)c1cc(CC=C(C)C)c(O)c(OC)c1. The molecule has 1 rings (SSSR count). The third-order valence-corrected chi connectivity index (χ3v) is 2.53. The smallest absolute Gasteiger partial charge is 0.337 e. The Hall–Kier alpha value is -1.97. The Kier molecular flexibility index (Phi) is 4.77. The second-order valence-corrected chi connectivity index (χ2v) is 4.16. The standard InChI is InChI=1S/C14H18O4/c1-9(2)5-6-10-7-11(14(16)18-4)8-12(17-3)13(10)15/h5,7-8,15H,6H2,1-4H3. The lowest BCUT2D eigenvalue weighted by atomic mass is 10.0. The first-order valence-electron chi connectivity index (χ1n) is 5.61. The molecule has 1 aromatic rings. The zero-order valence-corrected chi connectivity index (χ0v) is 11.1. The zero-order chi connectivity index (χ0) is 13.7. The first kappa shape index (κ1) is 14.1. The van der Waals surface area contributed by atoms with E-state index in [0.717, 1.165) is 5.57 Å².